The lowest BCUT2D eigenvalue weighted by Crippen LogP contribution is -2.38. The van der Waals surface area contributed by atoms with E-state index in [1.54, 1.807) is 6.20 Å². The monoisotopic (exact) mass is 526 g/mol. The van der Waals surface area contributed by atoms with E-state index in [0.717, 1.165) is 38.4 Å². The topological polar surface area (TPSA) is 91.6 Å². The molecule has 0 radical (unpaired) electrons. The number of nitrogens with one attached hydrogen (secondary N) is 2. The van der Waals surface area contributed by atoms with E-state index in [-0.39, 0.29) is 59.5 Å². The van der Waals surface area contributed by atoms with Crippen LogP contribution in [0.5, 0.6) is 0 Å². The van der Waals surface area contributed by atoms with Gasteiger partial charge < -0.3 is 10.6 Å². The molecule has 1 saturated carbocycles. The standard InChI is InChI=1S/C21H30N6O2.HI/c1-2-22-21(23-8-3-11-26-12-5-10-25-26)24-9-4-13-27-19(28)17-15-6-7-16(14-15)18(17)20(27)29;/h5-7,10,12,15-18H,2-4,8-9,11,13-14H2,1H3,(H2,22,23,24);1H. The van der Waals surface area contributed by atoms with E-state index in [1.165, 1.54) is 4.90 Å². The predicted octanol–water partition coefficient (Wildman–Crippen LogP) is 1.64. The van der Waals surface area contributed by atoms with Gasteiger partial charge >= 0.3 is 0 Å². The first-order chi connectivity index (χ1) is 14.2. The molecule has 0 aromatic carbocycles. The molecule has 2 heterocycles. The highest BCUT2D eigenvalue weighted by Crippen LogP contribution is 2.52. The summed E-state index contributed by atoms with van der Waals surface area (Å²) >= 11 is 0. The Bertz CT molecular complexity index is 763. The number of aryl methyl sites for hydroxylation is 1. The van der Waals surface area contributed by atoms with Gasteiger partial charge in [0.05, 0.1) is 11.8 Å². The molecular formula is C21H31IN6O2. The second-order valence-electron chi connectivity index (χ2n) is 7.99. The molecule has 1 aromatic heterocycles. The van der Waals surface area contributed by atoms with Crippen molar-refractivity contribution < 1.29 is 9.59 Å². The molecule has 2 bridgehead atoms. The average molecular weight is 526 g/mol. The molecular weight excluding hydrogens is 495 g/mol. The zero-order valence-electron chi connectivity index (χ0n) is 17.4. The van der Waals surface area contributed by atoms with Crippen molar-refractivity contribution in [2.45, 2.75) is 32.7 Å². The number of hydrogen-bond acceptors (Lipinski definition) is 4. The molecule has 2 N–H and O–H groups in total. The molecule has 8 nitrogen and oxygen atoms in total. The molecule has 30 heavy (non-hydrogen) atoms. The van der Waals surface area contributed by atoms with Gasteiger partial charge in [-0.2, -0.15) is 5.10 Å². The normalized spacial score (nSPS) is 26.8. The van der Waals surface area contributed by atoms with Crippen LogP contribution in [0.15, 0.2) is 35.6 Å². The number of allylic oxidation sites excluding steroid dienone is 2. The lowest BCUT2D eigenvalue weighted by molar-refractivity contribution is -0.140. The number of likely N-dealkylation sites (tertiary alicyclic amines) is 1. The van der Waals surface area contributed by atoms with Crippen molar-refractivity contribution in [2.24, 2.45) is 28.7 Å². The fourth-order valence-electron chi connectivity index (χ4n) is 4.83. The number of halogens is 1. The summed E-state index contributed by atoms with van der Waals surface area (Å²) < 4.78 is 1.91. The molecule has 3 aliphatic rings. The Morgan fingerprint density at radius 2 is 1.87 bits per heavy atom. The zero-order chi connectivity index (χ0) is 20.2. The maximum Gasteiger partial charge on any atom is 0.233 e. The first kappa shape index (κ1) is 22.8. The van der Waals surface area contributed by atoms with Crippen LogP contribution in [0, 0.1) is 23.7 Å². The van der Waals surface area contributed by atoms with Crippen molar-refractivity contribution in [3.63, 3.8) is 0 Å². The van der Waals surface area contributed by atoms with Crippen molar-refractivity contribution in [1.29, 1.82) is 0 Å². The molecule has 1 saturated heterocycles. The number of fused-ring (bicyclic) bond motifs is 5. The van der Waals surface area contributed by atoms with Crippen molar-refractivity contribution in [2.75, 3.05) is 26.2 Å². The van der Waals surface area contributed by atoms with Crippen molar-refractivity contribution >= 4 is 41.8 Å². The van der Waals surface area contributed by atoms with Gasteiger partial charge in [-0.15, -0.1) is 24.0 Å². The van der Waals surface area contributed by atoms with Gasteiger partial charge in [0.25, 0.3) is 0 Å². The summed E-state index contributed by atoms with van der Waals surface area (Å²) in [5.74, 6) is 1.18. The summed E-state index contributed by atoms with van der Waals surface area (Å²) in [5.41, 5.74) is 0. The first-order valence-electron chi connectivity index (χ1n) is 10.7. The van der Waals surface area contributed by atoms with Crippen LogP contribution in [0.3, 0.4) is 0 Å². The highest BCUT2D eigenvalue weighted by Gasteiger charge is 2.58. The van der Waals surface area contributed by atoms with Crippen molar-refractivity contribution in [1.82, 2.24) is 25.3 Å². The van der Waals surface area contributed by atoms with Gasteiger partial charge in [0.1, 0.15) is 0 Å². The number of nitrogens with zero attached hydrogens (tertiary/aromatic N) is 4. The van der Waals surface area contributed by atoms with Crippen LogP contribution in [0.1, 0.15) is 26.2 Å². The maximum absolute atomic E-state index is 12.7. The number of guanidine groups is 1. The van der Waals surface area contributed by atoms with E-state index in [9.17, 15) is 9.59 Å². The quantitative estimate of drug-likeness (QED) is 0.128. The second-order valence-corrected chi connectivity index (χ2v) is 7.99. The lowest BCUT2D eigenvalue weighted by atomic mass is 9.85. The number of hydrogen-bond donors (Lipinski definition) is 2. The third kappa shape index (κ3) is 4.70. The Morgan fingerprint density at radius 3 is 2.50 bits per heavy atom. The van der Waals surface area contributed by atoms with Gasteiger partial charge in [-0.3, -0.25) is 24.2 Å². The number of aromatic nitrogens is 2. The van der Waals surface area contributed by atoms with Gasteiger partial charge in [-0.1, -0.05) is 12.2 Å². The van der Waals surface area contributed by atoms with E-state index < -0.39 is 0 Å². The van der Waals surface area contributed by atoms with Gasteiger partial charge in [0.15, 0.2) is 5.96 Å². The Morgan fingerprint density at radius 1 is 1.13 bits per heavy atom. The summed E-state index contributed by atoms with van der Waals surface area (Å²) in [4.78, 5) is 31.5. The number of carbonyl (C=O) groups is 2. The summed E-state index contributed by atoms with van der Waals surface area (Å²) in [6.45, 7) is 5.51. The molecule has 1 aromatic rings. The summed E-state index contributed by atoms with van der Waals surface area (Å²) in [6, 6.07) is 1.92. The van der Waals surface area contributed by atoms with E-state index in [4.69, 9.17) is 0 Å². The third-order valence-corrected chi connectivity index (χ3v) is 6.13. The summed E-state index contributed by atoms with van der Waals surface area (Å²) in [6.07, 6.45) is 10.6. The molecule has 2 aliphatic carbocycles. The maximum atomic E-state index is 12.7. The highest BCUT2D eigenvalue weighted by atomic mass is 127. The van der Waals surface area contributed by atoms with Crippen LogP contribution in [-0.4, -0.2) is 58.6 Å². The van der Waals surface area contributed by atoms with Crippen LogP contribution in [-0.2, 0) is 16.1 Å². The minimum atomic E-state index is -0.102. The predicted molar refractivity (Wildman–Crippen MR) is 125 cm³/mol. The Kier molecular flexibility index (Phi) is 7.90. The molecule has 164 valence electrons. The van der Waals surface area contributed by atoms with Crippen LogP contribution in [0.25, 0.3) is 0 Å². The van der Waals surface area contributed by atoms with Gasteiger partial charge in [0.2, 0.25) is 11.8 Å². The molecule has 2 fully saturated rings. The summed E-state index contributed by atoms with van der Waals surface area (Å²) in [7, 11) is 0. The Balaban J connectivity index is 0.00000256. The molecule has 4 atom stereocenters. The fraction of sp³-hybridized carbons (Fsp3) is 0.619. The lowest BCUT2D eigenvalue weighted by Gasteiger charge is -2.17. The van der Waals surface area contributed by atoms with Crippen LogP contribution in [0.4, 0.5) is 0 Å². The SMILES string of the molecule is CCNC(=NCCCN1C(=O)C2C3C=CC(C3)C2C1=O)NCCCn1cccn1.I. The number of imide groups is 1. The van der Waals surface area contributed by atoms with Gasteiger partial charge in [0, 0.05) is 45.1 Å². The summed E-state index contributed by atoms with van der Waals surface area (Å²) in [5, 5.41) is 10.8. The largest absolute Gasteiger partial charge is 0.357 e. The van der Waals surface area contributed by atoms with E-state index >= 15 is 0 Å². The Labute approximate surface area is 194 Å². The highest BCUT2D eigenvalue weighted by molar-refractivity contribution is 14.0. The second kappa shape index (κ2) is 10.4. The minimum Gasteiger partial charge on any atom is -0.357 e. The van der Waals surface area contributed by atoms with E-state index in [2.05, 4.69) is 32.9 Å². The molecule has 4 rings (SSSR count). The van der Waals surface area contributed by atoms with Gasteiger partial charge in [-0.05, 0) is 44.1 Å². The molecule has 4 unspecified atom stereocenters. The Hall–Kier alpha value is -1.91. The molecule has 0 spiro atoms. The minimum absolute atomic E-state index is 0. The fourth-order valence-corrected chi connectivity index (χ4v) is 4.83. The van der Waals surface area contributed by atoms with Crippen LogP contribution in [0.2, 0.25) is 0 Å². The van der Waals surface area contributed by atoms with Crippen LogP contribution < -0.4 is 10.6 Å². The van der Waals surface area contributed by atoms with Crippen molar-refractivity contribution in [3.05, 3.63) is 30.6 Å². The number of amides is 2. The number of carbonyl (C=O) groups excluding carboxylic acids is 2. The number of rotatable bonds is 9. The van der Waals surface area contributed by atoms with Crippen molar-refractivity contribution in [3.8, 4) is 0 Å². The number of aliphatic imine (C=N–C) groups is 1. The average Bonchev–Trinajstić information content (AvgIpc) is 3.49. The van der Waals surface area contributed by atoms with Crippen LogP contribution >= 0.6 is 24.0 Å². The molecule has 1 aliphatic heterocycles. The third-order valence-electron chi connectivity index (χ3n) is 6.13. The van der Waals surface area contributed by atoms with E-state index in [0.29, 0.717) is 19.5 Å². The first-order valence-corrected chi connectivity index (χ1v) is 10.7. The molecule has 2 amide bonds. The zero-order valence-corrected chi connectivity index (χ0v) is 19.7. The van der Waals surface area contributed by atoms with Gasteiger partial charge in [-0.25, -0.2) is 0 Å². The smallest absolute Gasteiger partial charge is 0.233 e. The van der Waals surface area contributed by atoms with E-state index in [1.807, 2.05) is 23.9 Å². The molecule has 9 heteroatoms.